The highest BCUT2D eigenvalue weighted by Crippen LogP contribution is 2.42. The standard InChI is InChI=1S/C30H29Cl3N2O5/c1-2-39-27(37)15-18-10-13-34(14-11-18)26(36)17-25-24-7-4-12-35(24)23-9-8-19(31)16-21(23)30(40-25)29(38)20-5-3-6-22(32)28(20)33/h3-9,12,16,18,25,30H,2,10-11,13-15,17H2,1H3/t25-,30+/m1/s1. The van der Waals surface area contributed by atoms with Crippen LogP contribution in [0.1, 0.15) is 66.4 Å². The van der Waals surface area contributed by atoms with E-state index in [1.807, 2.05) is 29.0 Å². The normalized spacial score (nSPS) is 18.9. The van der Waals surface area contributed by atoms with Crippen LogP contribution in [0.3, 0.4) is 0 Å². The van der Waals surface area contributed by atoms with E-state index < -0.39 is 12.2 Å². The average Bonchev–Trinajstić information content (AvgIpc) is 3.38. The average molecular weight is 604 g/mol. The second-order valence-corrected chi connectivity index (χ2v) is 11.2. The molecule has 1 saturated heterocycles. The van der Waals surface area contributed by atoms with Gasteiger partial charge < -0.3 is 18.9 Å². The van der Waals surface area contributed by atoms with E-state index in [0.717, 1.165) is 24.2 Å². The molecule has 1 aromatic heterocycles. The zero-order valence-electron chi connectivity index (χ0n) is 21.9. The fourth-order valence-corrected chi connectivity index (χ4v) is 6.03. The minimum Gasteiger partial charge on any atom is -0.466 e. The summed E-state index contributed by atoms with van der Waals surface area (Å²) in [5.74, 6) is -0.462. The number of rotatable bonds is 7. The summed E-state index contributed by atoms with van der Waals surface area (Å²) in [6.07, 6.45) is 1.96. The Morgan fingerprint density at radius 3 is 2.52 bits per heavy atom. The summed E-state index contributed by atoms with van der Waals surface area (Å²) in [4.78, 5) is 41.1. The Kier molecular flexibility index (Phi) is 8.86. The molecule has 0 bridgehead atoms. The number of piperidine rings is 1. The number of hydrogen-bond donors (Lipinski definition) is 0. The monoisotopic (exact) mass is 602 g/mol. The maximum Gasteiger partial charge on any atom is 0.306 e. The third kappa shape index (κ3) is 5.93. The maximum atomic E-state index is 13.9. The van der Waals surface area contributed by atoms with Gasteiger partial charge in [0, 0.05) is 41.9 Å². The van der Waals surface area contributed by atoms with Crippen LogP contribution >= 0.6 is 34.8 Å². The molecule has 0 unspecified atom stereocenters. The number of aromatic nitrogens is 1. The molecule has 0 N–H and O–H groups in total. The van der Waals surface area contributed by atoms with Crippen molar-refractivity contribution in [3.8, 4) is 5.69 Å². The lowest BCUT2D eigenvalue weighted by atomic mass is 9.93. The molecule has 2 atom stereocenters. The zero-order chi connectivity index (χ0) is 28.4. The first kappa shape index (κ1) is 28.7. The van der Waals surface area contributed by atoms with Crippen molar-refractivity contribution >= 4 is 52.5 Å². The number of nitrogens with zero attached hydrogens (tertiary/aromatic N) is 2. The molecule has 10 heteroatoms. The number of likely N-dealkylation sites (tertiary alicyclic amines) is 1. The van der Waals surface area contributed by atoms with Gasteiger partial charge in [0.15, 0.2) is 5.78 Å². The second-order valence-electron chi connectivity index (χ2n) is 10.0. The molecule has 1 fully saturated rings. The van der Waals surface area contributed by atoms with E-state index in [9.17, 15) is 14.4 Å². The lowest BCUT2D eigenvalue weighted by Crippen LogP contribution is -2.39. The van der Waals surface area contributed by atoms with Gasteiger partial charge in [-0.2, -0.15) is 0 Å². The molecule has 1 amide bonds. The van der Waals surface area contributed by atoms with E-state index in [-0.39, 0.29) is 45.6 Å². The maximum absolute atomic E-state index is 13.9. The Balaban J connectivity index is 1.40. The molecule has 2 aliphatic heterocycles. The molecule has 0 radical (unpaired) electrons. The molecule has 3 aromatic rings. The van der Waals surface area contributed by atoms with Crippen LogP contribution < -0.4 is 0 Å². The molecule has 0 aliphatic carbocycles. The predicted octanol–water partition coefficient (Wildman–Crippen LogP) is 7.01. The van der Waals surface area contributed by atoms with Gasteiger partial charge in [-0.25, -0.2) is 0 Å². The van der Waals surface area contributed by atoms with Gasteiger partial charge in [0.2, 0.25) is 5.91 Å². The van der Waals surface area contributed by atoms with Gasteiger partial charge in [-0.1, -0.05) is 40.9 Å². The number of carbonyl (C=O) groups is 3. The van der Waals surface area contributed by atoms with Crippen LogP contribution in [-0.2, 0) is 19.1 Å². The topological polar surface area (TPSA) is 77.8 Å². The Bertz CT molecular complexity index is 1430. The van der Waals surface area contributed by atoms with Crippen LogP contribution in [-0.4, -0.2) is 46.8 Å². The van der Waals surface area contributed by atoms with Crippen LogP contribution in [0.5, 0.6) is 0 Å². The molecule has 3 heterocycles. The van der Waals surface area contributed by atoms with Gasteiger partial charge >= 0.3 is 5.97 Å². The molecule has 7 nitrogen and oxygen atoms in total. The molecule has 5 rings (SSSR count). The van der Waals surface area contributed by atoms with E-state index in [0.29, 0.717) is 36.7 Å². The van der Waals surface area contributed by atoms with Gasteiger partial charge in [-0.15, -0.1) is 0 Å². The van der Waals surface area contributed by atoms with Crippen molar-refractivity contribution in [2.75, 3.05) is 19.7 Å². The fourth-order valence-electron chi connectivity index (χ4n) is 5.46. The third-order valence-corrected chi connectivity index (χ3v) is 8.54. The number of benzene rings is 2. The fraction of sp³-hybridized carbons (Fsp3) is 0.367. The Hall–Kier alpha value is -2.84. The van der Waals surface area contributed by atoms with Crippen molar-refractivity contribution in [3.05, 3.63) is 86.6 Å². The SMILES string of the molecule is CCOC(=O)CC1CCN(C(=O)C[C@H]2O[C@H](C(=O)c3cccc(Cl)c3Cl)c3cc(Cl)ccc3-n3cccc32)CC1. The highest BCUT2D eigenvalue weighted by atomic mass is 35.5. The molecule has 0 spiro atoms. The molecule has 2 aromatic carbocycles. The molecule has 0 saturated carbocycles. The van der Waals surface area contributed by atoms with E-state index in [1.165, 1.54) is 0 Å². The van der Waals surface area contributed by atoms with Crippen molar-refractivity contribution in [1.29, 1.82) is 0 Å². The van der Waals surface area contributed by atoms with Crippen molar-refractivity contribution in [1.82, 2.24) is 9.47 Å². The smallest absolute Gasteiger partial charge is 0.306 e. The Labute approximate surface area is 247 Å². The van der Waals surface area contributed by atoms with Crippen LogP contribution in [0.15, 0.2) is 54.7 Å². The molecule has 2 aliphatic rings. The van der Waals surface area contributed by atoms with E-state index in [2.05, 4.69) is 0 Å². The molecule has 210 valence electrons. The van der Waals surface area contributed by atoms with E-state index >= 15 is 0 Å². The lowest BCUT2D eigenvalue weighted by molar-refractivity contribution is -0.144. The van der Waals surface area contributed by atoms with Crippen molar-refractivity contribution in [2.24, 2.45) is 5.92 Å². The van der Waals surface area contributed by atoms with Gasteiger partial charge in [-0.3, -0.25) is 14.4 Å². The van der Waals surface area contributed by atoms with Crippen LogP contribution in [0.25, 0.3) is 5.69 Å². The van der Waals surface area contributed by atoms with E-state index in [4.69, 9.17) is 44.3 Å². The van der Waals surface area contributed by atoms with E-state index in [1.54, 1.807) is 42.2 Å². The van der Waals surface area contributed by atoms with Crippen LogP contribution in [0.2, 0.25) is 15.1 Å². The second kappa shape index (κ2) is 12.4. The highest BCUT2D eigenvalue weighted by Gasteiger charge is 2.37. The first-order chi connectivity index (χ1) is 19.3. The number of esters is 1. The number of amides is 1. The van der Waals surface area contributed by atoms with Crippen LogP contribution in [0.4, 0.5) is 0 Å². The molecule has 40 heavy (non-hydrogen) atoms. The summed E-state index contributed by atoms with van der Waals surface area (Å²) in [5, 5.41) is 0.853. The number of Topliss-reactive ketones (excluding diaryl/α,β-unsaturated/α-hetero) is 1. The minimum absolute atomic E-state index is 0.0430. The Morgan fingerprint density at radius 1 is 1.00 bits per heavy atom. The third-order valence-electron chi connectivity index (χ3n) is 7.49. The van der Waals surface area contributed by atoms with Gasteiger partial charge in [0.1, 0.15) is 12.2 Å². The number of ether oxygens (including phenoxy) is 2. The molecular formula is C30H29Cl3N2O5. The summed E-state index contributed by atoms with van der Waals surface area (Å²) in [5.41, 5.74) is 2.28. The summed E-state index contributed by atoms with van der Waals surface area (Å²) >= 11 is 19.0. The highest BCUT2D eigenvalue weighted by molar-refractivity contribution is 6.44. The van der Waals surface area contributed by atoms with Crippen LogP contribution in [0, 0.1) is 5.92 Å². The Morgan fingerprint density at radius 2 is 1.77 bits per heavy atom. The summed E-state index contributed by atoms with van der Waals surface area (Å²) < 4.78 is 13.5. The number of hydrogen-bond acceptors (Lipinski definition) is 5. The summed E-state index contributed by atoms with van der Waals surface area (Å²) in [6, 6.07) is 13.9. The first-order valence-electron chi connectivity index (χ1n) is 13.3. The van der Waals surface area contributed by atoms with Gasteiger partial charge in [-0.05, 0) is 68.1 Å². The van der Waals surface area contributed by atoms with Crippen molar-refractivity contribution < 1.29 is 23.9 Å². The van der Waals surface area contributed by atoms with Crippen molar-refractivity contribution in [2.45, 2.75) is 44.8 Å². The summed E-state index contributed by atoms with van der Waals surface area (Å²) in [6.45, 7) is 3.25. The lowest BCUT2D eigenvalue weighted by Gasteiger charge is -2.33. The molecular weight excluding hydrogens is 575 g/mol. The largest absolute Gasteiger partial charge is 0.466 e. The minimum atomic E-state index is -1.07. The van der Waals surface area contributed by atoms with Gasteiger partial charge in [0.25, 0.3) is 0 Å². The number of carbonyl (C=O) groups excluding carboxylic acids is 3. The predicted molar refractivity (Wildman–Crippen MR) is 153 cm³/mol. The van der Waals surface area contributed by atoms with Gasteiger partial charge in [0.05, 0.1) is 34.5 Å². The summed E-state index contributed by atoms with van der Waals surface area (Å²) in [7, 11) is 0. The number of halogens is 3. The number of ketones is 1. The van der Waals surface area contributed by atoms with Crippen molar-refractivity contribution in [3.63, 3.8) is 0 Å². The zero-order valence-corrected chi connectivity index (χ0v) is 24.2. The first-order valence-corrected chi connectivity index (χ1v) is 14.4. The number of fused-ring (bicyclic) bond motifs is 3. The quantitative estimate of drug-likeness (QED) is 0.214.